The molecule has 0 saturated carbocycles. The minimum absolute atomic E-state index is 0.0249. The second-order valence-electron chi connectivity index (χ2n) is 2.28. The summed E-state index contributed by atoms with van der Waals surface area (Å²) < 4.78 is 22.0. The molecule has 0 aliphatic heterocycles. The third-order valence-corrected chi connectivity index (χ3v) is 2.51. The van der Waals surface area contributed by atoms with Crippen LogP contribution in [0.1, 0.15) is 6.92 Å². The fourth-order valence-corrected chi connectivity index (χ4v) is 1.62. The molecule has 0 rings (SSSR count). The Bertz CT molecular complexity index is 314. The van der Waals surface area contributed by atoms with Crippen molar-refractivity contribution in [3.63, 3.8) is 0 Å². The van der Waals surface area contributed by atoms with Crippen LogP contribution in [0.5, 0.6) is 0 Å². The number of rotatable bonds is 4. The number of hydrogen-bond acceptors (Lipinski definition) is 3. The first-order valence-electron chi connectivity index (χ1n) is 3.21. The summed E-state index contributed by atoms with van der Waals surface area (Å²) in [6.07, 6.45) is 1.25. The SMILES string of the molecule is C=CCS(=O)(=O)C=C(C)C(N)=O. The van der Waals surface area contributed by atoms with Crippen LogP contribution in [-0.4, -0.2) is 20.1 Å². The zero-order valence-electron chi connectivity index (χ0n) is 6.78. The van der Waals surface area contributed by atoms with E-state index in [0.29, 0.717) is 0 Å². The highest BCUT2D eigenvalue weighted by Gasteiger charge is 2.06. The lowest BCUT2D eigenvalue weighted by atomic mass is 10.3. The first kappa shape index (κ1) is 10.9. The lowest BCUT2D eigenvalue weighted by Crippen LogP contribution is -2.13. The number of sulfone groups is 1. The van der Waals surface area contributed by atoms with Gasteiger partial charge < -0.3 is 5.73 Å². The molecule has 1 amide bonds. The van der Waals surface area contributed by atoms with Gasteiger partial charge in [0.15, 0.2) is 9.84 Å². The van der Waals surface area contributed by atoms with E-state index in [2.05, 4.69) is 6.58 Å². The molecule has 0 aliphatic rings. The van der Waals surface area contributed by atoms with Gasteiger partial charge in [-0.1, -0.05) is 6.08 Å². The number of nitrogens with two attached hydrogens (primary N) is 1. The van der Waals surface area contributed by atoms with Crippen molar-refractivity contribution in [2.45, 2.75) is 6.92 Å². The van der Waals surface area contributed by atoms with Crippen LogP contribution in [0.3, 0.4) is 0 Å². The van der Waals surface area contributed by atoms with Crippen LogP contribution in [0.4, 0.5) is 0 Å². The van der Waals surface area contributed by atoms with Gasteiger partial charge in [-0.05, 0) is 6.92 Å². The highest BCUT2D eigenvalue weighted by molar-refractivity contribution is 7.94. The predicted molar refractivity (Wildman–Crippen MR) is 46.9 cm³/mol. The molecule has 0 spiro atoms. The number of hydrogen-bond donors (Lipinski definition) is 1. The van der Waals surface area contributed by atoms with Gasteiger partial charge in [0.25, 0.3) is 0 Å². The standard InChI is InChI=1S/C7H11NO3S/c1-3-4-12(10,11)5-6(2)7(8)9/h3,5H,1,4H2,2H3,(H2,8,9). The average Bonchev–Trinajstić information content (AvgIpc) is 1.85. The highest BCUT2D eigenvalue weighted by Crippen LogP contribution is 1.99. The van der Waals surface area contributed by atoms with Crippen molar-refractivity contribution < 1.29 is 13.2 Å². The Kier molecular flexibility index (Phi) is 3.69. The quantitative estimate of drug-likeness (QED) is 0.498. The molecule has 0 atom stereocenters. The molecule has 0 saturated heterocycles. The number of amides is 1. The predicted octanol–water partition coefficient (Wildman–Crippen LogP) is -0.0237. The van der Waals surface area contributed by atoms with E-state index in [1.165, 1.54) is 13.0 Å². The number of primary amides is 1. The zero-order chi connectivity index (χ0) is 9.78. The Labute approximate surface area is 71.7 Å². The van der Waals surface area contributed by atoms with E-state index in [9.17, 15) is 13.2 Å². The summed E-state index contributed by atoms with van der Waals surface area (Å²) in [5.41, 5.74) is 4.87. The minimum atomic E-state index is -3.36. The van der Waals surface area contributed by atoms with Gasteiger partial charge in [-0.3, -0.25) is 4.79 Å². The number of carbonyl (C=O) groups excluding carboxylic acids is 1. The molecule has 4 nitrogen and oxygen atoms in total. The van der Waals surface area contributed by atoms with Gasteiger partial charge in [0.1, 0.15) is 0 Å². The van der Waals surface area contributed by atoms with Gasteiger partial charge in [0.05, 0.1) is 5.75 Å². The Morgan fingerprint density at radius 3 is 2.42 bits per heavy atom. The molecule has 68 valence electrons. The van der Waals surface area contributed by atoms with Gasteiger partial charge >= 0.3 is 0 Å². The summed E-state index contributed by atoms with van der Waals surface area (Å²) in [5, 5.41) is 0.858. The summed E-state index contributed by atoms with van der Waals surface area (Å²) in [5.74, 6) is -0.917. The zero-order valence-corrected chi connectivity index (χ0v) is 7.60. The van der Waals surface area contributed by atoms with Gasteiger partial charge in [0, 0.05) is 11.0 Å². The van der Waals surface area contributed by atoms with Crippen molar-refractivity contribution in [1.82, 2.24) is 0 Å². The van der Waals surface area contributed by atoms with Crippen molar-refractivity contribution in [3.8, 4) is 0 Å². The molecule has 0 unspecified atom stereocenters. The van der Waals surface area contributed by atoms with Crippen LogP contribution in [0.2, 0.25) is 0 Å². The summed E-state index contributed by atoms with van der Waals surface area (Å²) in [4.78, 5) is 10.4. The van der Waals surface area contributed by atoms with E-state index in [-0.39, 0.29) is 11.3 Å². The van der Waals surface area contributed by atoms with E-state index in [0.717, 1.165) is 5.41 Å². The summed E-state index contributed by atoms with van der Waals surface area (Å²) in [6.45, 7) is 4.62. The fraction of sp³-hybridized carbons (Fsp3) is 0.286. The molecule has 0 aromatic carbocycles. The topological polar surface area (TPSA) is 77.2 Å². The molecule has 0 heterocycles. The van der Waals surface area contributed by atoms with Gasteiger partial charge in [0.2, 0.25) is 5.91 Å². The smallest absolute Gasteiger partial charge is 0.245 e. The average molecular weight is 189 g/mol. The van der Waals surface area contributed by atoms with E-state index < -0.39 is 15.7 Å². The maximum atomic E-state index is 11.0. The van der Waals surface area contributed by atoms with Crippen LogP contribution in [0, 0.1) is 0 Å². The Balaban J connectivity index is 4.74. The highest BCUT2D eigenvalue weighted by atomic mass is 32.2. The van der Waals surface area contributed by atoms with Crippen molar-refractivity contribution in [1.29, 1.82) is 0 Å². The molecule has 0 radical (unpaired) electrons. The first-order valence-corrected chi connectivity index (χ1v) is 4.92. The van der Waals surface area contributed by atoms with Crippen LogP contribution in [0.25, 0.3) is 0 Å². The van der Waals surface area contributed by atoms with Gasteiger partial charge in [-0.2, -0.15) is 0 Å². The van der Waals surface area contributed by atoms with E-state index in [4.69, 9.17) is 5.73 Å². The maximum absolute atomic E-state index is 11.0. The third-order valence-electron chi connectivity index (χ3n) is 1.10. The molecule has 5 heteroatoms. The fourth-order valence-electron chi connectivity index (χ4n) is 0.540. The largest absolute Gasteiger partial charge is 0.366 e. The second-order valence-corrected chi connectivity index (χ2v) is 4.18. The monoisotopic (exact) mass is 189 g/mol. The van der Waals surface area contributed by atoms with Crippen LogP contribution in [-0.2, 0) is 14.6 Å². The molecule has 0 aliphatic carbocycles. The molecular weight excluding hydrogens is 178 g/mol. The third kappa shape index (κ3) is 3.92. The van der Waals surface area contributed by atoms with E-state index >= 15 is 0 Å². The Hall–Kier alpha value is -1.10. The van der Waals surface area contributed by atoms with Crippen molar-refractivity contribution in [2.24, 2.45) is 5.73 Å². The molecular formula is C7H11NO3S. The van der Waals surface area contributed by atoms with Crippen molar-refractivity contribution in [3.05, 3.63) is 23.6 Å². The Morgan fingerprint density at radius 1 is 1.58 bits per heavy atom. The van der Waals surface area contributed by atoms with Crippen molar-refractivity contribution >= 4 is 15.7 Å². The summed E-state index contributed by atoms with van der Waals surface area (Å²) in [7, 11) is -3.36. The number of carbonyl (C=O) groups is 1. The van der Waals surface area contributed by atoms with Crippen LogP contribution >= 0.6 is 0 Å². The molecule has 0 bridgehead atoms. The molecule has 2 N–H and O–H groups in total. The lowest BCUT2D eigenvalue weighted by Gasteiger charge is -1.94. The van der Waals surface area contributed by atoms with Gasteiger partial charge in [-0.25, -0.2) is 8.42 Å². The minimum Gasteiger partial charge on any atom is -0.366 e. The van der Waals surface area contributed by atoms with E-state index in [1.54, 1.807) is 0 Å². The van der Waals surface area contributed by atoms with Crippen LogP contribution < -0.4 is 5.73 Å². The summed E-state index contributed by atoms with van der Waals surface area (Å²) in [6, 6.07) is 0. The second kappa shape index (κ2) is 4.06. The van der Waals surface area contributed by atoms with E-state index in [1.807, 2.05) is 0 Å². The summed E-state index contributed by atoms with van der Waals surface area (Å²) >= 11 is 0. The molecule has 0 aromatic rings. The maximum Gasteiger partial charge on any atom is 0.245 e. The van der Waals surface area contributed by atoms with Crippen LogP contribution in [0.15, 0.2) is 23.6 Å². The molecule has 0 fully saturated rings. The van der Waals surface area contributed by atoms with Gasteiger partial charge in [-0.15, -0.1) is 6.58 Å². The first-order chi connectivity index (χ1) is 5.39. The Morgan fingerprint density at radius 2 is 2.08 bits per heavy atom. The normalized spacial score (nSPS) is 12.6. The van der Waals surface area contributed by atoms with Crippen molar-refractivity contribution in [2.75, 3.05) is 5.75 Å². The lowest BCUT2D eigenvalue weighted by molar-refractivity contribution is -0.114. The molecule has 12 heavy (non-hydrogen) atoms. The molecule has 0 aromatic heterocycles.